The summed E-state index contributed by atoms with van der Waals surface area (Å²) in [6.07, 6.45) is 0. The topological polar surface area (TPSA) is 49.8 Å². The van der Waals surface area contributed by atoms with E-state index < -0.39 is 0 Å². The Balaban J connectivity index is 1.96. The summed E-state index contributed by atoms with van der Waals surface area (Å²) in [5.41, 5.74) is 1.17. The zero-order valence-electron chi connectivity index (χ0n) is 10.6. The molecule has 1 aliphatic rings. The Labute approximate surface area is 111 Å². The second kappa shape index (κ2) is 6.43. The van der Waals surface area contributed by atoms with Crippen molar-refractivity contribution in [1.29, 1.82) is 0 Å². The molecule has 5 heteroatoms. The molecule has 1 fully saturated rings. The maximum atomic E-state index is 11.2. The summed E-state index contributed by atoms with van der Waals surface area (Å²) >= 11 is 1.50. The predicted molar refractivity (Wildman–Crippen MR) is 71.0 cm³/mol. The van der Waals surface area contributed by atoms with Crippen molar-refractivity contribution < 1.29 is 14.6 Å². The summed E-state index contributed by atoms with van der Waals surface area (Å²) in [5, 5.41) is 11.3. The first-order valence-electron chi connectivity index (χ1n) is 6.18. The van der Waals surface area contributed by atoms with E-state index in [2.05, 4.69) is 4.90 Å². The quantitative estimate of drug-likeness (QED) is 0.839. The standard InChI is InChI=1S/C13H19NO3S/c1-10(16)13-4-11(9-18-13)5-14-2-3-17-8-12(6-14)7-15/h4,9,12,15H,2-3,5-8H2,1H3/t12-/m1/s1. The lowest BCUT2D eigenvalue weighted by molar-refractivity contribution is 0.0957. The van der Waals surface area contributed by atoms with E-state index >= 15 is 0 Å². The van der Waals surface area contributed by atoms with Crippen LogP contribution >= 0.6 is 11.3 Å². The highest BCUT2D eigenvalue weighted by Gasteiger charge is 2.18. The van der Waals surface area contributed by atoms with Crippen molar-refractivity contribution in [3.63, 3.8) is 0 Å². The fourth-order valence-corrected chi connectivity index (χ4v) is 2.91. The lowest BCUT2D eigenvalue weighted by Gasteiger charge is -2.21. The number of carbonyl (C=O) groups is 1. The van der Waals surface area contributed by atoms with Crippen molar-refractivity contribution in [1.82, 2.24) is 4.90 Å². The molecule has 4 nitrogen and oxygen atoms in total. The van der Waals surface area contributed by atoms with E-state index in [0.717, 1.165) is 24.5 Å². The number of rotatable bonds is 4. The van der Waals surface area contributed by atoms with Gasteiger partial charge in [0.1, 0.15) is 0 Å². The van der Waals surface area contributed by atoms with Gasteiger partial charge in [0.05, 0.1) is 18.1 Å². The van der Waals surface area contributed by atoms with Gasteiger partial charge in [-0.15, -0.1) is 11.3 Å². The van der Waals surface area contributed by atoms with Gasteiger partial charge in [0.2, 0.25) is 0 Å². The molecular weight excluding hydrogens is 250 g/mol. The highest BCUT2D eigenvalue weighted by molar-refractivity contribution is 7.12. The minimum atomic E-state index is 0.124. The number of hydrogen-bond donors (Lipinski definition) is 1. The van der Waals surface area contributed by atoms with Crippen molar-refractivity contribution >= 4 is 17.1 Å². The van der Waals surface area contributed by atoms with Crippen LogP contribution in [-0.2, 0) is 11.3 Å². The van der Waals surface area contributed by atoms with Gasteiger partial charge in [-0.2, -0.15) is 0 Å². The van der Waals surface area contributed by atoms with Crippen LogP contribution in [0.1, 0.15) is 22.2 Å². The molecule has 0 bridgehead atoms. The second-order valence-corrected chi connectivity index (χ2v) is 5.65. The molecule has 1 aromatic rings. The molecule has 1 saturated heterocycles. The van der Waals surface area contributed by atoms with Crippen LogP contribution in [0.25, 0.3) is 0 Å². The van der Waals surface area contributed by atoms with Crippen LogP contribution in [0.4, 0.5) is 0 Å². The number of thiophene rings is 1. The van der Waals surface area contributed by atoms with Crippen LogP contribution in [0.15, 0.2) is 11.4 Å². The highest BCUT2D eigenvalue weighted by Crippen LogP contribution is 2.18. The number of Topliss-reactive ketones (excluding diaryl/α,β-unsaturated/α-hetero) is 1. The van der Waals surface area contributed by atoms with Gasteiger partial charge < -0.3 is 9.84 Å². The second-order valence-electron chi connectivity index (χ2n) is 4.73. The third-order valence-corrected chi connectivity index (χ3v) is 4.17. The summed E-state index contributed by atoms with van der Waals surface area (Å²) in [6.45, 7) is 5.65. The molecule has 1 N–H and O–H groups in total. The lowest BCUT2D eigenvalue weighted by atomic mass is 10.1. The largest absolute Gasteiger partial charge is 0.396 e. The number of aliphatic hydroxyl groups is 1. The Morgan fingerprint density at radius 3 is 3.17 bits per heavy atom. The summed E-state index contributed by atoms with van der Waals surface area (Å²) in [6, 6.07) is 1.96. The predicted octanol–water partition coefficient (Wildman–Crippen LogP) is 1.39. The molecule has 1 atom stereocenters. The maximum absolute atomic E-state index is 11.2. The molecule has 0 amide bonds. The van der Waals surface area contributed by atoms with Gasteiger partial charge in [-0.25, -0.2) is 0 Å². The first-order chi connectivity index (χ1) is 8.69. The van der Waals surface area contributed by atoms with Gasteiger partial charge in [0.25, 0.3) is 0 Å². The SMILES string of the molecule is CC(=O)c1cc(CN2CCOC[C@@H](CO)C2)cs1. The zero-order valence-corrected chi connectivity index (χ0v) is 11.4. The molecule has 0 unspecified atom stereocenters. The highest BCUT2D eigenvalue weighted by atomic mass is 32.1. The first-order valence-corrected chi connectivity index (χ1v) is 7.06. The lowest BCUT2D eigenvalue weighted by Crippen LogP contribution is -2.30. The van der Waals surface area contributed by atoms with E-state index in [4.69, 9.17) is 4.74 Å². The molecule has 2 heterocycles. The normalized spacial score (nSPS) is 21.8. The average molecular weight is 269 g/mol. The van der Waals surface area contributed by atoms with Crippen molar-refractivity contribution in [2.45, 2.75) is 13.5 Å². The Kier molecular flexibility index (Phi) is 4.88. The molecule has 0 saturated carbocycles. The van der Waals surface area contributed by atoms with E-state index in [1.165, 1.54) is 16.9 Å². The maximum Gasteiger partial charge on any atom is 0.169 e. The van der Waals surface area contributed by atoms with Gasteiger partial charge in [0.15, 0.2) is 5.78 Å². The molecular formula is C13H19NO3S. The van der Waals surface area contributed by atoms with E-state index in [-0.39, 0.29) is 18.3 Å². The molecule has 2 rings (SSSR count). The number of aliphatic hydroxyl groups excluding tert-OH is 1. The summed E-state index contributed by atoms with van der Waals surface area (Å²) in [7, 11) is 0. The molecule has 18 heavy (non-hydrogen) atoms. The van der Waals surface area contributed by atoms with Crippen molar-refractivity contribution in [3.05, 3.63) is 21.9 Å². The molecule has 0 aromatic carbocycles. The van der Waals surface area contributed by atoms with E-state index in [0.29, 0.717) is 13.2 Å². The number of nitrogens with zero attached hydrogens (tertiary/aromatic N) is 1. The Hall–Kier alpha value is -0.750. The molecule has 100 valence electrons. The van der Waals surface area contributed by atoms with Gasteiger partial charge >= 0.3 is 0 Å². The molecule has 0 spiro atoms. The fraction of sp³-hybridized carbons (Fsp3) is 0.615. The van der Waals surface area contributed by atoms with Gasteiger partial charge in [0, 0.05) is 32.2 Å². The minimum Gasteiger partial charge on any atom is -0.396 e. The van der Waals surface area contributed by atoms with Crippen molar-refractivity contribution in [2.75, 3.05) is 32.9 Å². The number of ketones is 1. The van der Waals surface area contributed by atoms with Crippen LogP contribution in [0, 0.1) is 5.92 Å². The smallest absolute Gasteiger partial charge is 0.169 e. The molecule has 0 radical (unpaired) electrons. The van der Waals surface area contributed by atoms with E-state index in [1.807, 2.05) is 11.4 Å². The van der Waals surface area contributed by atoms with Crippen molar-refractivity contribution in [2.24, 2.45) is 5.92 Å². The van der Waals surface area contributed by atoms with E-state index in [9.17, 15) is 9.90 Å². The average Bonchev–Trinajstić information content (AvgIpc) is 2.69. The van der Waals surface area contributed by atoms with Crippen LogP contribution in [0.5, 0.6) is 0 Å². The Bertz CT molecular complexity index is 405. The molecule has 0 aliphatic carbocycles. The van der Waals surface area contributed by atoms with Gasteiger partial charge in [-0.3, -0.25) is 9.69 Å². The first kappa shape index (κ1) is 13.7. The number of ether oxygens (including phenoxy) is 1. The third kappa shape index (κ3) is 3.62. The summed E-state index contributed by atoms with van der Waals surface area (Å²) in [4.78, 5) is 14.3. The number of carbonyl (C=O) groups excluding carboxylic acids is 1. The summed E-state index contributed by atoms with van der Waals surface area (Å²) < 4.78 is 5.46. The van der Waals surface area contributed by atoms with Gasteiger partial charge in [-0.05, 0) is 23.9 Å². The van der Waals surface area contributed by atoms with Crippen LogP contribution < -0.4 is 0 Å². The molecule has 1 aromatic heterocycles. The molecule has 1 aliphatic heterocycles. The third-order valence-electron chi connectivity index (χ3n) is 3.09. The number of hydrogen-bond acceptors (Lipinski definition) is 5. The Morgan fingerprint density at radius 1 is 1.67 bits per heavy atom. The summed E-state index contributed by atoms with van der Waals surface area (Å²) in [5.74, 6) is 0.317. The zero-order chi connectivity index (χ0) is 13.0. The van der Waals surface area contributed by atoms with Gasteiger partial charge in [-0.1, -0.05) is 0 Å². The van der Waals surface area contributed by atoms with Crippen LogP contribution in [0.3, 0.4) is 0 Å². The van der Waals surface area contributed by atoms with Crippen LogP contribution in [-0.4, -0.2) is 48.7 Å². The monoisotopic (exact) mass is 269 g/mol. The van der Waals surface area contributed by atoms with E-state index in [1.54, 1.807) is 6.92 Å². The van der Waals surface area contributed by atoms with Crippen molar-refractivity contribution in [3.8, 4) is 0 Å². The Morgan fingerprint density at radius 2 is 2.50 bits per heavy atom. The minimum absolute atomic E-state index is 0.124. The fourth-order valence-electron chi connectivity index (χ4n) is 2.11. The van der Waals surface area contributed by atoms with Crippen LogP contribution in [0.2, 0.25) is 0 Å².